The fourth-order valence-electron chi connectivity index (χ4n) is 3.82. The molecule has 0 amide bonds. The lowest BCUT2D eigenvalue weighted by Crippen LogP contribution is -2.28. The van der Waals surface area contributed by atoms with Crippen LogP contribution in [0.4, 0.5) is 0 Å². The highest BCUT2D eigenvalue weighted by Crippen LogP contribution is 2.28. The Morgan fingerprint density at radius 2 is 2.00 bits per heavy atom. The maximum Gasteiger partial charge on any atom is 0.263 e. The van der Waals surface area contributed by atoms with Gasteiger partial charge < -0.3 is 19.9 Å². The molecule has 3 aromatic heterocycles. The number of nitrogens with zero attached hydrogens (tertiary/aromatic N) is 4. The van der Waals surface area contributed by atoms with E-state index in [1.54, 1.807) is 28.9 Å². The van der Waals surface area contributed by atoms with Crippen molar-refractivity contribution in [3.05, 3.63) is 70.0 Å². The third kappa shape index (κ3) is 3.24. The van der Waals surface area contributed by atoms with E-state index in [1.807, 2.05) is 18.2 Å². The van der Waals surface area contributed by atoms with Crippen molar-refractivity contribution in [2.45, 2.75) is 24.9 Å². The number of aromatic nitrogens is 5. The number of piperidine rings is 1. The van der Waals surface area contributed by atoms with Crippen molar-refractivity contribution < 1.29 is 9.63 Å². The van der Waals surface area contributed by atoms with Gasteiger partial charge in [-0.1, -0.05) is 35.5 Å². The van der Waals surface area contributed by atoms with Crippen molar-refractivity contribution in [2.75, 3.05) is 13.1 Å². The molecule has 1 aromatic carbocycles. The number of benzene rings is 1. The molecule has 3 N–H and O–H groups in total. The Morgan fingerprint density at radius 1 is 1.21 bits per heavy atom. The molecule has 1 saturated heterocycles. The molecule has 29 heavy (non-hydrogen) atoms. The minimum Gasteiger partial charge on any atom is -0.380 e. The number of H-pyrrole nitrogens is 1. The van der Waals surface area contributed by atoms with Gasteiger partial charge in [0.05, 0.1) is 11.9 Å². The summed E-state index contributed by atoms with van der Waals surface area (Å²) < 4.78 is 7.12. The fourth-order valence-corrected chi connectivity index (χ4v) is 3.82. The summed E-state index contributed by atoms with van der Waals surface area (Å²) in [4.78, 5) is 19.5. The molecule has 4 aromatic rings. The molecular formula is C20H20N6O3. The van der Waals surface area contributed by atoms with Gasteiger partial charge in [-0.05, 0) is 31.5 Å². The van der Waals surface area contributed by atoms with Crippen molar-refractivity contribution >= 4 is 5.65 Å². The summed E-state index contributed by atoms with van der Waals surface area (Å²) in [6.45, 7) is 1.83. The normalized spacial score (nSPS) is 16.3. The number of nitrogens with one attached hydrogen (secondary N) is 2. The maximum atomic E-state index is 12.3. The minimum atomic E-state index is -1.00. The van der Waals surface area contributed by atoms with Crippen LogP contribution in [-0.4, -0.2) is 42.9 Å². The highest BCUT2D eigenvalue weighted by Gasteiger charge is 2.24. The summed E-state index contributed by atoms with van der Waals surface area (Å²) in [6, 6.07) is 10.7. The predicted molar refractivity (Wildman–Crippen MR) is 104 cm³/mol. The number of aromatic amines is 1. The smallest absolute Gasteiger partial charge is 0.263 e. The summed E-state index contributed by atoms with van der Waals surface area (Å²) >= 11 is 0. The lowest BCUT2D eigenvalue weighted by Gasteiger charge is -2.23. The number of hydrogen-bond acceptors (Lipinski definition) is 7. The first-order valence-electron chi connectivity index (χ1n) is 9.59. The van der Waals surface area contributed by atoms with Gasteiger partial charge in [0.1, 0.15) is 17.3 Å². The number of hydrogen-bond donors (Lipinski definition) is 3. The number of rotatable bonds is 4. The number of aliphatic hydroxyl groups excluding tert-OH is 1. The van der Waals surface area contributed by atoms with E-state index in [0.717, 1.165) is 31.6 Å². The Morgan fingerprint density at radius 3 is 2.79 bits per heavy atom. The van der Waals surface area contributed by atoms with Crippen LogP contribution in [0.2, 0.25) is 0 Å². The van der Waals surface area contributed by atoms with E-state index in [2.05, 4.69) is 25.5 Å². The molecule has 1 unspecified atom stereocenters. The molecule has 0 radical (unpaired) electrons. The predicted octanol–water partition coefficient (Wildman–Crippen LogP) is 1.62. The van der Waals surface area contributed by atoms with Crippen LogP contribution >= 0.6 is 0 Å². The molecule has 4 heterocycles. The van der Waals surface area contributed by atoms with Crippen LogP contribution in [0, 0.1) is 0 Å². The second kappa shape index (κ2) is 7.26. The Labute approximate surface area is 165 Å². The first-order chi connectivity index (χ1) is 14.2. The average Bonchev–Trinajstić information content (AvgIpc) is 3.41. The second-order valence-corrected chi connectivity index (χ2v) is 7.17. The summed E-state index contributed by atoms with van der Waals surface area (Å²) in [5, 5.41) is 22.2. The van der Waals surface area contributed by atoms with E-state index in [1.165, 1.54) is 0 Å². The topological polar surface area (TPSA) is 121 Å². The lowest BCUT2D eigenvalue weighted by molar-refractivity contribution is 0.204. The van der Waals surface area contributed by atoms with Gasteiger partial charge in [0, 0.05) is 12.0 Å². The standard InChI is InChI=1S/C20H20N6O3/c27-16-10-15(12-6-8-21-9-7-12)26-19(23-16)14(11-22-26)20-24-18(25-29-20)17(28)13-4-2-1-3-5-13/h1-5,10-12,17,21,28H,6-9H2,(H,23,27). The summed E-state index contributed by atoms with van der Waals surface area (Å²) in [5.74, 6) is 0.609. The summed E-state index contributed by atoms with van der Waals surface area (Å²) in [5.41, 5.74) is 2.38. The molecule has 0 spiro atoms. The molecule has 0 bridgehead atoms. The van der Waals surface area contributed by atoms with Crippen molar-refractivity contribution in [1.29, 1.82) is 0 Å². The van der Waals surface area contributed by atoms with Gasteiger partial charge in [0.25, 0.3) is 11.4 Å². The highest BCUT2D eigenvalue weighted by molar-refractivity contribution is 5.71. The average molecular weight is 392 g/mol. The molecule has 1 aliphatic heterocycles. The van der Waals surface area contributed by atoms with Crippen molar-refractivity contribution in [3.8, 4) is 11.5 Å². The van der Waals surface area contributed by atoms with Crippen molar-refractivity contribution in [2.24, 2.45) is 0 Å². The molecule has 1 fully saturated rings. The van der Waals surface area contributed by atoms with Gasteiger partial charge >= 0.3 is 0 Å². The Hall–Kier alpha value is -3.30. The van der Waals surface area contributed by atoms with Crippen molar-refractivity contribution in [1.82, 2.24) is 30.1 Å². The monoisotopic (exact) mass is 392 g/mol. The van der Waals surface area contributed by atoms with E-state index in [0.29, 0.717) is 16.8 Å². The zero-order chi connectivity index (χ0) is 19.8. The number of aliphatic hydroxyl groups is 1. The third-order valence-corrected chi connectivity index (χ3v) is 5.32. The minimum absolute atomic E-state index is 0.155. The van der Waals surface area contributed by atoms with Gasteiger partial charge in [-0.2, -0.15) is 10.1 Å². The van der Waals surface area contributed by atoms with Gasteiger partial charge in [-0.3, -0.25) is 4.79 Å². The molecule has 5 rings (SSSR count). The van der Waals surface area contributed by atoms with Crippen LogP contribution < -0.4 is 10.9 Å². The van der Waals surface area contributed by atoms with Crippen LogP contribution in [0.5, 0.6) is 0 Å². The quantitative estimate of drug-likeness (QED) is 0.482. The summed E-state index contributed by atoms with van der Waals surface area (Å²) in [6.07, 6.45) is 2.49. The highest BCUT2D eigenvalue weighted by atomic mass is 16.5. The molecule has 9 heteroatoms. The SMILES string of the molecule is O=c1cc(C2CCNCC2)n2ncc(-c3nc(C(O)c4ccccc4)no3)c2[nH]1. The molecule has 1 atom stereocenters. The van der Waals surface area contributed by atoms with Crippen LogP contribution in [0.25, 0.3) is 17.1 Å². The van der Waals surface area contributed by atoms with Gasteiger partial charge in [0.15, 0.2) is 0 Å². The molecule has 0 saturated carbocycles. The summed E-state index contributed by atoms with van der Waals surface area (Å²) in [7, 11) is 0. The van der Waals surface area contributed by atoms with Gasteiger partial charge in [0.2, 0.25) is 5.82 Å². The first-order valence-corrected chi connectivity index (χ1v) is 9.59. The maximum absolute atomic E-state index is 12.3. The van der Waals surface area contributed by atoms with E-state index in [4.69, 9.17) is 4.52 Å². The van der Waals surface area contributed by atoms with E-state index in [-0.39, 0.29) is 23.2 Å². The molecule has 9 nitrogen and oxygen atoms in total. The lowest BCUT2D eigenvalue weighted by atomic mass is 9.94. The zero-order valence-electron chi connectivity index (χ0n) is 15.6. The largest absolute Gasteiger partial charge is 0.380 e. The molecule has 0 aliphatic carbocycles. The third-order valence-electron chi connectivity index (χ3n) is 5.32. The van der Waals surface area contributed by atoms with Crippen LogP contribution in [0.1, 0.15) is 41.9 Å². The Balaban J connectivity index is 1.54. The van der Waals surface area contributed by atoms with Gasteiger partial charge in [-0.15, -0.1) is 0 Å². The Bertz CT molecular complexity index is 1190. The van der Waals surface area contributed by atoms with E-state index >= 15 is 0 Å². The van der Waals surface area contributed by atoms with Crippen LogP contribution in [0.3, 0.4) is 0 Å². The zero-order valence-corrected chi connectivity index (χ0v) is 15.6. The van der Waals surface area contributed by atoms with Crippen LogP contribution in [-0.2, 0) is 0 Å². The van der Waals surface area contributed by atoms with Crippen molar-refractivity contribution in [3.63, 3.8) is 0 Å². The van der Waals surface area contributed by atoms with E-state index in [9.17, 15) is 9.90 Å². The first kappa shape index (κ1) is 17.8. The van der Waals surface area contributed by atoms with Gasteiger partial charge in [-0.25, -0.2) is 4.52 Å². The number of fused-ring (bicyclic) bond motifs is 1. The fraction of sp³-hybridized carbons (Fsp3) is 0.300. The van der Waals surface area contributed by atoms with Crippen LogP contribution in [0.15, 0.2) is 51.9 Å². The molecule has 148 valence electrons. The molecule has 1 aliphatic rings. The molecular weight excluding hydrogens is 372 g/mol. The van der Waals surface area contributed by atoms with E-state index < -0.39 is 6.10 Å². The Kier molecular flexibility index (Phi) is 4.45. The second-order valence-electron chi connectivity index (χ2n) is 7.17.